The molecule has 1 amide bonds. The Bertz CT molecular complexity index is 821. The summed E-state index contributed by atoms with van der Waals surface area (Å²) in [5.41, 5.74) is 1.28. The van der Waals surface area contributed by atoms with Crippen molar-refractivity contribution in [3.63, 3.8) is 0 Å². The van der Waals surface area contributed by atoms with Crippen molar-refractivity contribution in [3.05, 3.63) is 24.3 Å². The molecule has 1 aromatic carbocycles. The maximum absolute atomic E-state index is 12.3. The number of aromatic nitrogens is 2. The molecule has 27 heavy (non-hydrogen) atoms. The van der Waals surface area contributed by atoms with Gasteiger partial charge in [0.1, 0.15) is 12.1 Å². The summed E-state index contributed by atoms with van der Waals surface area (Å²) in [6, 6.07) is 7.79. The SMILES string of the molecule is CC(C)(C)OC(=O)Cn1c(SCCCNC(=O)C2CC2)nc2ccccc21. The van der Waals surface area contributed by atoms with Crippen molar-refractivity contribution in [2.45, 2.75) is 57.3 Å². The largest absolute Gasteiger partial charge is 0.459 e. The highest BCUT2D eigenvalue weighted by atomic mass is 32.2. The summed E-state index contributed by atoms with van der Waals surface area (Å²) in [6.45, 7) is 6.40. The highest BCUT2D eigenvalue weighted by Gasteiger charge is 2.29. The van der Waals surface area contributed by atoms with Gasteiger partial charge in [-0.2, -0.15) is 0 Å². The Balaban J connectivity index is 1.61. The third-order valence-electron chi connectivity index (χ3n) is 4.13. The van der Waals surface area contributed by atoms with Gasteiger partial charge in [0.15, 0.2) is 5.16 Å². The molecule has 6 nitrogen and oxygen atoms in total. The molecule has 0 bridgehead atoms. The standard InChI is InChI=1S/C20H27N3O3S/c1-20(2,3)26-17(24)13-23-16-8-5-4-7-15(16)22-19(23)27-12-6-11-21-18(25)14-9-10-14/h4-5,7-8,14H,6,9-13H2,1-3H3,(H,21,25). The molecule has 2 aromatic rings. The summed E-state index contributed by atoms with van der Waals surface area (Å²) in [6.07, 6.45) is 2.91. The Labute approximate surface area is 164 Å². The Morgan fingerprint density at radius 3 is 2.74 bits per heavy atom. The number of hydrogen-bond acceptors (Lipinski definition) is 5. The summed E-state index contributed by atoms with van der Waals surface area (Å²) >= 11 is 1.60. The molecule has 1 aliphatic carbocycles. The summed E-state index contributed by atoms with van der Waals surface area (Å²) in [4.78, 5) is 28.6. The zero-order chi connectivity index (χ0) is 19.4. The number of benzene rings is 1. The minimum Gasteiger partial charge on any atom is -0.459 e. The minimum atomic E-state index is -0.513. The van der Waals surface area contributed by atoms with E-state index in [4.69, 9.17) is 4.74 Å². The lowest BCUT2D eigenvalue weighted by atomic mass is 10.2. The molecule has 0 radical (unpaired) electrons. The van der Waals surface area contributed by atoms with E-state index >= 15 is 0 Å². The van der Waals surface area contributed by atoms with Crippen molar-refractivity contribution < 1.29 is 14.3 Å². The first-order valence-corrected chi connectivity index (χ1v) is 10.4. The Morgan fingerprint density at radius 1 is 1.30 bits per heavy atom. The number of carbonyl (C=O) groups excluding carboxylic acids is 2. The number of esters is 1. The predicted molar refractivity (Wildman–Crippen MR) is 107 cm³/mol. The van der Waals surface area contributed by atoms with Crippen LogP contribution in [0, 0.1) is 5.92 Å². The van der Waals surface area contributed by atoms with Gasteiger partial charge in [-0.05, 0) is 52.2 Å². The van der Waals surface area contributed by atoms with Gasteiger partial charge >= 0.3 is 5.97 Å². The molecule has 0 atom stereocenters. The molecular weight excluding hydrogens is 362 g/mol. The lowest BCUT2D eigenvalue weighted by Gasteiger charge is -2.20. The van der Waals surface area contributed by atoms with Crippen LogP contribution < -0.4 is 5.32 Å². The molecule has 0 spiro atoms. The Morgan fingerprint density at radius 2 is 2.04 bits per heavy atom. The zero-order valence-electron chi connectivity index (χ0n) is 16.2. The third kappa shape index (κ3) is 5.73. The fourth-order valence-corrected chi connectivity index (χ4v) is 3.71. The van der Waals surface area contributed by atoms with Crippen LogP contribution in [0.3, 0.4) is 0 Å². The van der Waals surface area contributed by atoms with Gasteiger partial charge < -0.3 is 14.6 Å². The smallest absolute Gasteiger partial charge is 0.326 e. The molecule has 0 saturated heterocycles. The summed E-state index contributed by atoms with van der Waals surface area (Å²) in [7, 11) is 0. The second kappa shape index (κ2) is 8.33. The molecule has 3 rings (SSSR count). The average molecular weight is 390 g/mol. The molecule has 1 saturated carbocycles. The van der Waals surface area contributed by atoms with E-state index in [-0.39, 0.29) is 24.3 Å². The molecule has 0 unspecified atom stereocenters. The van der Waals surface area contributed by atoms with Gasteiger partial charge in [-0.1, -0.05) is 23.9 Å². The first-order valence-electron chi connectivity index (χ1n) is 9.41. The first kappa shape index (κ1) is 19.7. The van der Waals surface area contributed by atoms with E-state index in [9.17, 15) is 9.59 Å². The van der Waals surface area contributed by atoms with Crippen LogP contribution in [-0.4, -0.2) is 39.3 Å². The van der Waals surface area contributed by atoms with Crippen molar-refractivity contribution in [1.82, 2.24) is 14.9 Å². The number of para-hydroxylation sites is 2. The number of nitrogens with zero attached hydrogens (tertiary/aromatic N) is 2. The second-order valence-electron chi connectivity index (χ2n) is 7.82. The van der Waals surface area contributed by atoms with E-state index in [1.807, 2.05) is 49.6 Å². The number of hydrogen-bond donors (Lipinski definition) is 1. The van der Waals surface area contributed by atoms with Gasteiger partial charge in [0.25, 0.3) is 0 Å². The van der Waals surface area contributed by atoms with Crippen LogP contribution in [0.2, 0.25) is 0 Å². The van der Waals surface area contributed by atoms with Crippen LogP contribution in [0.25, 0.3) is 11.0 Å². The zero-order valence-corrected chi connectivity index (χ0v) is 17.0. The van der Waals surface area contributed by atoms with Gasteiger partial charge in [-0.15, -0.1) is 0 Å². The van der Waals surface area contributed by atoms with Gasteiger partial charge in [-0.25, -0.2) is 4.98 Å². The Kier molecular flexibility index (Phi) is 6.09. The van der Waals surface area contributed by atoms with Gasteiger partial charge in [-0.3, -0.25) is 9.59 Å². The topological polar surface area (TPSA) is 73.2 Å². The summed E-state index contributed by atoms with van der Waals surface area (Å²) < 4.78 is 7.38. The molecule has 1 heterocycles. The van der Waals surface area contributed by atoms with Crippen molar-refractivity contribution in [3.8, 4) is 0 Å². The maximum atomic E-state index is 12.3. The van der Waals surface area contributed by atoms with Crippen LogP contribution >= 0.6 is 11.8 Å². The Hall–Kier alpha value is -2.02. The lowest BCUT2D eigenvalue weighted by molar-refractivity contribution is -0.155. The number of ether oxygens (including phenoxy) is 1. The molecule has 146 valence electrons. The van der Waals surface area contributed by atoms with Gasteiger partial charge in [0.05, 0.1) is 11.0 Å². The monoisotopic (exact) mass is 389 g/mol. The van der Waals surface area contributed by atoms with Crippen LogP contribution in [0.15, 0.2) is 29.4 Å². The minimum absolute atomic E-state index is 0.137. The van der Waals surface area contributed by atoms with E-state index in [1.54, 1.807) is 11.8 Å². The van der Waals surface area contributed by atoms with E-state index in [1.165, 1.54) is 0 Å². The molecule has 1 fully saturated rings. The highest BCUT2D eigenvalue weighted by Crippen LogP contribution is 2.29. The lowest BCUT2D eigenvalue weighted by Crippen LogP contribution is -2.27. The van der Waals surface area contributed by atoms with Crippen LogP contribution in [-0.2, 0) is 20.9 Å². The molecule has 1 N–H and O–H groups in total. The van der Waals surface area contributed by atoms with E-state index < -0.39 is 5.60 Å². The van der Waals surface area contributed by atoms with Crippen molar-refractivity contribution in [2.75, 3.05) is 12.3 Å². The normalized spacial score (nSPS) is 14.3. The maximum Gasteiger partial charge on any atom is 0.326 e. The summed E-state index contributed by atoms with van der Waals surface area (Å²) in [5.74, 6) is 0.972. The number of fused-ring (bicyclic) bond motifs is 1. The quantitative estimate of drug-likeness (QED) is 0.426. The number of nitrogens with one attached hydrogen (secondary N) is 1. The van der Waals surface area contributed by atoms with Crippen molar-refractivity contribution in [1.29, 1.82) is 0 Å². The number of thioether (sulfide) groups is 1. The fourth-order valence-electron chi connectivity index (χ4n) is 2.76. The number of carbonyl (C=O) groups is 2. The third-order valence-corrected chi connectivity index (χ3v) is 5.19. The van der Waals surface area contributed by atoms with E-state index in [0.29, 0.717) is 6.54 Å². The highest BCUT2D eigenvalue weighted by molar-refractivity contribution is 7.99. The molecule has 7 heteroatoms. The van der Waals surface area contributed by atoms with Crippen LogP contribution in [0.1, 0.15) is 40.0 Å². The first-order chi connectivity index (χ1) is 12.8. The average Bonchev–Trinajstić information content (AvgIpc) is 3.38. The van der Waals surface area contributed by atoms with E-state index in [2.05, 4.69) is 10.3 Å². The second-order valence-corrected chi connectivity index (χ2v) is 8.89. The number of amides is 1. The van der Waals surface area contributed by atoms with Gasteiger partial charge in [0.2, 0.25) is 5.91 Å². The molecule has 1 aromatic heterocycles. The van der Waals surface area contributed by atoms with Crippen LogP contribution in [0.5, 0.6) is 0 Å². The molecule has 1 aliphatic rings. The summed E-state index contributed by atoms with van der Waals surface area (Å²) in [5, 5.41) is 3.78. The van der Waals surface area contributed by atoms with Gasteiger partial charge in [0, 0.05) is 18.2 Å². The predicted octanol–water partition coefficient (Wildman–Crippen LogP) is 3.39. The number of imidazole rings is 1. The van der Waals surface area contributed by atoms with E-state index in [0.717, 1.165) is 41.2 Å². The van der Waals surface area contributed by atoms with Crippen LogP contribution in [0.4, 0.5) is 0 Å². The van der Waals surface area contributed by atoms with Crippen molar-refractivity contribution in [2.24, 2.45) is 5.92 Å². The van der Waals surface area contributed by atoms with Crippen molar-refractivity contribution >= 4 is 34.7 Å². The fraction of sp³-hybridized carbons (Fsp3) is 0.550. The molecule has 0 aliphatic heterocycles. The number of rotatable bonds is 8. The molecular formula is C20H27N3O3S.